The SMILES string of the molecule is C[C@@H](N)C(=O)NCC(=O)OCc1ccccc1.Cl. The van der Waals surface area contributed by atoms with Crippen molar-refractivity contribution < 1.29 is 14.3 Å². The lowest BCUT2D eigenvalue weighted by Gasteiger charge is -2.08. The average molecular weight is 273 g/mol. The maximum absolute atomic E-state index is 11.3. The Bertz CT molecular complexity index is 382. The van der Waals surface area contributed by atoms with E-state index in [2.05, 4.69) is 5.32 Å². The van der Waals surface area contributed by atoms with Crippen LogP contribution in [-0.4, -0.2) is 24.5 Å². The van der Waals surface area contributed by atoms with Crippen molar-refractivity contribution in [3.8, 4) is 0 Å². The predicted octanol–water partition coefficient (Wildman–Crippen LogP) is 0.615. The van der Waals surface area contributed by atoms with Crippen molar-refractivity contribution in [2.24, 2.45) is 5.73 Å². The molecule has 0 spiro atoms. The third-order valence-corrected chi connectivity index (χ3v) is 2.06. The summed E-state index contributed by atoms with van der Waals surface area (Å²) < 4.78 is 4.96. The van der Waals surface area contributed by atoms with Gasteiger partial charge in [0.25, 0.3) is 0 Å². The molecule has 0 radical (unpaired) electrons. The first-order valence-electron chi connectivity index (χ1n) is 5.32. The molecule has 1 aromatic carbocycles. The molecule has 18 heavy (non-hydrogen) atoms. The molecule has 0 unspecified atom stereocenters. The number of carbonyl (C=O) groups is 2. The van der Waals surface area contributed by atoms with Crippen molar-refractivity contribution in [2.45, 2.75) is 19.6 Å². The molecule has 1 aromatic rings. The highest BCUT2D eigenvalue weighted by Crippen LogP contribution is 2.00. The molecule has 100 valence electrons. The number of benzene rings is 1. The third kappa shape index (κ3) is 6.22. The Morgan fingerprint density at radius 2 is 1.94 bits per heavy atom. The van der Waals surface area contributed by atoms with Gasteiger partial charge in [-0.3, -0.25) is 9.59 Å². The molecule has 0 aromatic heterocycles. The van der Waals surface area contributed by atoms with E-state index in [0.717, 1.165) is 5.56 Å². The number of nitrogens with one attached hydrogen (secondary N) is 1. The van der Waals surface area contributed by atoms with Crippen LogP contribution in [0.2, 0.25) is 0 Å². The number of rotatable bonds is 5. The van der Waals surface area contributed by atoms with Crippen LogP contribution in [0.4, 0.5) is 0 Å². The fraction of sp³-hybridized carbons (Fsp3) is 0.333. The van der Waals surface area contributed by atoms with Crippen LogP contribution in [-0.2, 0) is 20.9 Å². The molecule has 0 aliphatic heterocycles. The van der Waals surface area contributed by atoms with E-state index in [1.807, 2.05) is 30.3 Å². The van der Waals surface area contributed by atoms with Gasteiger partial charge in [0.2, 0.25) is 5.91 Å². The minimum atomic E-state index is -0.628. The van der Waals surface area contributed by atoms with Gasteiger partial charge in [0.05, 0.1) is 6.04 Å². The lowest BCUT2D eigenvalue weighted by Crippen LogP contribution is -2.41. The van der Waals surface area contributed by atoms with Crippen LogP contribution in [0.25, 0.3) is 0 Å². The molecule has 0 saturated carbocycles. The molecule has 0 aliphatic rings. The molecule has 0 fully saturated rings. The maximum Gasteiger partial charge on any atom is 0.325 e. The lowest BCUT2D eigenvalue weighted by molar-refractivity contribution is -0.145. The molecule has 5 nitrogen and oxygen atoms in total. The van der Waals surface area contributed by atoms with Crippen molar-refractivity contribution >= 4 is 24.3 Å². The zero-order valence-electron chi connectivity index (χ0n) is 10.1. The molecule has 0 saturated heterocycles. The fourth-order valence-corrected chi connectivity index (χ4v) is 1.11. The number of halogens is 1. The van der Waals surface area contributed by atoms with E-state index >= 15 is 0 Å². The summed E-state index contributed by atoms with van der Waals surface area (Å²) in [5, 5.41) is 2.38. The van der Waals surface area contributed by atoms with Crippen molar-refractivity contribution in [1.29, 1.82) is 0 Å². The van der Waals surface area contributed by atoms with Crippen molar-refractivity contribution in [1.82, 2.24) is 5.32 Å². The fourth-order valence-electron chi connectivity index (χ4n) is 1.11. The van der Waals surface area contributed by atoms with E-state index < -0.39 is 12.0 Å². The summed E-state index contributed by atoms with van der Waals surface area (Å²) in [6.45, 7) is 1.59. The summed E-state index contributed by atoms with van der Waals surface area (Å²) in [6, 6.07) is 8.69. The molecule has 3 N–H and O–H groups in total. The van der Waals surface area contributed by atoms with Gasteiger partial charge in [-0.2, -0.15) is 0 Å². The van der Waals surface area contributed by atoms with Gasteiger partial charge < -0.3 is 15.8 Å². The average Bonchev–Trinajstić information content (AvgIpc) is 2.34. The minimum absolute atomic E-state index is 0. The van der Waals surface area contributed by atoms with Crippen molar-refractivity contribution in [2.75, 3.05) is 6.54 Å². The Kier molecular flexibility index (Phi) is 7.74. The predicted molar refractivity (Wildman–Crippen MR) is 70.1 cm³/mol. The van der Waals surface area contributed by atoms with Crippen LogP contribution in [0.1, 0.15) is 12.5 Å². The number of ether oxygens (including phenoxy) is 1. The van der Waals surface area contributed by atoms with Crippen LogP contribution in [0.3, 0.4) is 0 Å². The molecule has 1 amide bonds. The first kappa shape index (κ1) is 16.4. The van der Waals surface area contributed by atoms with Gasteiger partial charge in [0.1, 0.15) is 13.2 Å². The summed E-state index contributed by atoms with van der Waals surface area (Å²) >= 11 is 0. The zero-order chi connectivity index (χ0) is 12.7. The number of nitrogens with two attached hydrogens (primary N) is 1. The van der Waals surface area contributed by atoms with Gasteiger partial charge in [-0.15, -0.1) is 12.4 Å². The van der Waals surface area contributed by atoms with Crippen LogP contribution in [0, 0.1) is 0 Å². The van der Waals surface area contributed by atoms with Gasteiger partial charge in [0, 0.05) is 0 Å². The molecular formula is C12H17ClN2O3. The molecule has 1 rings (SSSR count). The summed E-state index contributed by atoms with van der Waals surface area (Å²) in [5.41, 5.74) is 6.23. The molecular weight excluding hydrogens is 256 g/mol. The van der Waals surface area contributed by atoms with E-state index in [1.54, 1.807) is 6.92 Å². The Balaban J connectivity index is 0.00000289. The topological polar surface area (TPSA) is 81.4 Å². The standard InChI is InChI=1S/C12H16N2O3.ClH/c1-9(13)12(16)14-7-11(15)17-8-10-5-3-2-4-6-10;/h2-6,9H,7-8,13H2,1H3,(H,14,16);1H/t9-;/m1./s1. The minimum Gasteiger partial charge on any atom is -0.460 e. The summed E-state index contributed by atoms with van der Waals surface area (Å²) in [6.07, 6.45) is 0. The van der Waals surface area contributed by atoms with Gasteiger partial charge >= 0.3 is 5.97 Å². The second-order valence-corrected chi connectivity index (χ2v) is 3.65. The summed E-state index contributed by atoms with van der Waals surface area (Å²) in [5.74, 6) is -0.857. The second kappa shape index (κ2) is 8.49. The van der Waals surface area contributed by atoms with Gasteiger partial charge in [-0.05, 0) is 12.5 Å². The Morgan fingerprint density at radius 1 is 1.33 bits per heavy atom. The number of esters is 1. The number of carbonyl (C=O) groups excluding carboxylic acids is 2. The Labute approximate surface area is 112 Å². The Morgan fingerprint density at radius 3 is 2.50 bits per heavy atom. The van der Waals surface area contributed by atoms with Gasteiger partial charge in [-0.1, -0.05) is 30.3 Å². The molecule has 6 heteroatoms. The largest absolute Gasteiger partial charge is 0.460 e. The van der Waals surface area contributed by atoms with Gasteiger partial charge in [-0.25, -0.2) is 0 Å². The van der Waals surface area contributed by atoms with E-state index in [-0.39, 0.29) is 31.5 Å². The van der Waals surface area contributed by atoms with Crippen molar-refractivity contribution in [3.05, 3.63) is 35.9 Å². The molecule has 0 heterocycles. The highest BCUT2D eigenvalue weighted by Gasteiger charge is 2.09. The van der Waals surface area contributed by atoms with Crippen LogP contribution in [0.15, 0.2) is 30.3 Å². The molecule has 1 atom stereocenters. The smallest absolute Gasteiger partial charge is 0.325 e. The lowest BCUT2D eigenvalue weighted by atomic mass is 10.2. The van der Waals surface area contributed by atoms with Crippen LogP contribution < -0.4 is 11.1 Å². The third-order valence-electron chi connectivity index (χ3n) is 2.06. The van der Waals surface area contributed by atoms with Crippen molar-refractivity contribution in [3.63, 3.8) is 0 Å². The van der Waals surface area contributed by atoms with E-state index in [0.29, 0.717) is 0 Å². The molecule has 0 aliphatic carbocycles. The molecule has 0 bridgehead atoms. The first-order valence-corrected chi connectivity index (χ1v) is 5.32. The highest BCUT2D eigenvalue weighted by atomic mass is 35.5. The second-order valence-electron chi connectivity index (χ2n) is 3.65. The quantitative estimate of drug-likeness (QED) is 0.770. The van der Waals surface area contributed by atoms with Crippen LogP contribution in [0.5, 0.6) is 0 Å². The number of amides is 1. The number of hydrogen-bond acceptors (Lipinski definition) is 4. The summed E-state index contributed by atoms with van der Waals surface area (Å²) in [4.78, 5) is 22.3. The first-order chi connectivity index (χ1) is 8.09. The van der Waals surface area contributed by atoms with Gasteiger partial charge in [0.15, 0.2) is 0 Å². The normalized spacial score (nSPS) is 11.0. The van der Waals surface area contributed by atoms with E-state index in [1.165, 1.54) is 0 Å². The maximum atomic E-state index is 11.3. The summed E-state index contributed by atoms with van der Waals surface area (Å²) in [7, 11) is 0. The zero-order valence-corrected chi connectivity index (χ0v) is 10.9. The van der Waals surface area contributed by atoms with Crippen LogP contribution >= 0.6 is 12.4 Å². The number of hydrogen-bond donors (Lipinski definition) is 2. The highest BCUT2D eigenvalue weighted by molar-refractivity contribution is 5.85. The monoisotopic (exact) mass is 272 g/mol. The van der Waals surface area contributed by atoms with E-state index in [4.69, 9.17) is 10.5 Å². The van der Waals surface area contributed by atoms with E-state index in [9.17, 15) is 9.59 Å². The Hall–Kier alpha value is -1.59.